The zero-order chi connectivity index (χ0) is 28.1. The number of carbonyl (C=O) groups is 5. The van der Waals surface area contributed by atoms with Crippen molar-refractivity contribution < 1.29 is 33.4 Å². The number of carbonyl (C=O) groups excluding carboxylic acids is 5. The Labute approximate surface area is 224 Å². The van der Waals surface area contributed by atoms with Crippen molar-refractivity contribution in [2.75, 3.05) is 23.9 Å². The molecule has 198 valence electrons. The third kappa shape index (κ3) is 6.02. The largest absolute Gasteiger partial charge is 0.483 e. The van der Waals surface area contributed by atoms with Gasteiger partial charge in [0.25, 0.3) is 17.7 Å². The van der Waals surface area contributed by atoms with Crippen LogP contribution in [-0.4, -0.2) is 43.4 Å². The van der Waals surface area contributed by atoms with E-state index in [4.69, 9.17) is 4.74 Å². The van der Waals surface area contributed by atoms with Gasteiger partial charge in [-0.1, -0.05) is 24.3 Å². The number of amides is 5. The van der Waals surface area contributed by atoms with Gasteiger partial charge >= 0.3 is 12.0 Å². The van der Waals surface area contributed by atoms with Crippen LogP contribution in [0.1, 0.15) is 27.0 Å². The molecule has 0 bridgehead atoms. The van der Waals surface area contributed by atoms with Gasteiger partial charge < -0.3 is 14.8 Å². The zero-order valence-electron chi connectivity index (χ0n) is 21.4. The first-order valence-electron chi connectivity index (χ1n) is 11.9. The topological polar surface area (TPSA) is 131 Å². The van der Waals surface area contributed by atoms with Crippen LogP contribution in [0.4, 0.5) is 16.2 Å². The Morgan fingerprint density at radius 1 is 0.949 bits per heavy atom. The zero-order valence-corrected chi connectivity index (χ0v) is 21.4. The Balaban J connectivity index is 1.53. The SMILES string of the molecule is COC(=O)c1ccc(N2C(=O)NC(=O)/C(=C/c3ccccc3OCC(=O)Nc3ccc(C)c(C)c3)C2=O)cc1. The van der Waals surface area contributed by atoms with Crippen LogP contribution in [0.25, 0.3) is 6.08 Å². The summed E-state index contributed by atoms with van der Waals surface area (Å²) in [4.78, 5) is 63.3. The van der Waals surface area contributed by atoms with Gasteiger partial charge in [0, 0.05) is 11.3 Å². The molecule has 3 aromatic rings. The molecule has 10 nitrogen and oxygen atoms in total. The number of benzene rings is 3. The number of imide groups is 2. The number of barbiturate groups is 1. The van der Waals surface area contributed by atoms with Crippen molar-refractivity contribution in [3.05, 3.63) is 94.6 Å². The van der Waals surface area contributed by atoms with Crippen LogP contribution in [0.3, 0.4) is 0 Å². The number of urea groups is 1. The van der Waals surface area contributed by atoms with E-state index in [-0.39, 0.29) is 35.1 Å². The molecule has 4 rings (SSSR count). The van der Waals surface area contributed by atoms with Crippen molar-refractivity contribution in [1.82, 2.24) is 5.32 Å². The highest BCUT2D eigenvalue weighted by Gasteiger charge is 2.37. The number of aryl methyl sites for hydroxylation is 2. The second kappa shape index (κ2) is 11.4. The van der Waals surface area contributed by atoms with Gasteiger partial charge in [-0.25, -0.2) is 14.5 Å². The summed E-state index contributed by atoms with van der Waals surface area (Å²) in [5.41, 5.74) is 3.18. The van der Waals surface area contributed by atoms with E-state index in [1.807, 2.05) is 26.0 Å². The second-order valence-corrected chi connectivity index (χ2v) is 8.67. The van der Waals surface area contributed by atoms with Crippen LogP contribution in [0, 0.1) is 13.8 Å². The van der Waals surface area contributed by atoms with E-state index >= 15 is 0 Å². The Morgan fingerprint density at radius 3 is 2.36 bits per heavy atom. The van der Waals surface area contributed by atoms with Crippen LogP contribution < -0.4 is 20.3 Å². The summed E-state index contributed by atoms with van der Waals surface area (Å²) in [5, 5.41) is 4.91. The molecule has 2 N–H and O–H groups in total. The van der Waals surface area contributed by atoms with E-state index in [1.165, 1.54) is 37.5 Å². The van der Waals surface area contributed by atoms with Crippen molar-refractivity contribution in [2.45, 2.75) is 13.8 Å². The minimum atomic E-state index is -0.930. The second-order valence-electron chi connectivity index (χ2n) is 8.67. The molecule has 5 amide bonds. The van der Waals surface area contributed by atoms with Crippen molar-refractivity contribution >= 4 is 47.2 Å². The summed E-state index contributed by atoms with van der Waals surface area (Å²) < 4.78 is 10.3. The maximum absolute atomic E-state index is 13.2. The van der Waals surface area contributed by atoms with Gasteiger partial charge in [0.2, 0.25) is 0 Å². The van der Waals surface area contributed by atoms with E-state index in [9.17, 15) is 24.0 Å². The first-order valence-corrected chi connectivity index (χ1v) is 11.9. The quantitative estimate of drug-likeness (QED) is 0.272. The molecule has 0 atom stereocenters. The minimum absolute atomic E-state index is 0.149. The molecule has 0 unspecified atom stereocenters. The maximum Gasteiger partial charge on any atom is 0.337 e. The number of anilines is 2. The number of esters is 1. The Hall–Kier alpha value is -5.25. The Kier molecular flexibility index (Phi) is 7.85. The lowest BCUT2D eigenvalue weighted by Crippen LogP contribution is -2.54. The van der Waals surface area contributed by atoms with Gasteiger partial charge in [-0.05, 0) is 73.5 Å². The number of para-hydroxylation sites is 1. The van der Waals surface area contributed by atoms with E-state index in [0.29, 0.717) is 11.3 Å². The normalized spacial score (nSPS) is 14.2. The number of rotatable bonds is 7. The van der Waals surface area contributed by atoms with Gasteiger partial charge in [-0.3, -0.25) is 19.7 Å². The summed E-state index contributed by atoms with van der Waals surface area (Å²) in [7, 11) is 1.24. The molecule has 1 heterocycles. The van der Waals surface area contributed by atoms with Gasteiger partial charge in [0.15, 0.2) is 6.61 Å². The summed E-state index contributed by atoms with van der Waals surface area (Å²) in [6.07, 6.45) is 1.29. The van der Waals surface area contributed by atoms with Gasteiger partial charge in [0.1, 0.15) is 11.3 Å². The fraction of sp³-hybridized carbons (Fsp3) is 0.138. The highest BCUT2D eigenvalue weighted by molar-refractivity contribution is 6.39. The third-order valence-electron chi connectivity index (χ3n) is 6.02. The smallest absolute Gasteiger partial charge is 0.337 e. The number of hydrogen-bond acceptors (Lipinski definition) is 7. The molecule has 1 aliphatic rings. The summed E-state index contributed by atoms with van der Waals surface area (Å²) in [6.45, 7) is 3.60. The van der Waals surface area contributed by atoms with E-state index in [0.717, 1.165) is 16.0 Å². The lowest BCUT2D eigenvalue weighted by molar-refractivity contribution is -0.122. The van der Waals surface area contributed by atoms with Gasteiger partial charge in [0.05, 0.1) is 18.4 Å². The molecule has 1 aliphatic heterocycles. The predicted octanol–water partition coefficient (Wildman–Crippen LogP) is 3.77. The van der Waals surface area contributed by atoms with E-state index < -0.39 is 23.8 Å². The molecule has 10 heteroatoms. The molecule has 1 fully saturated rings. The number of methoxy groups -OCH3 is 1. The van der Waals surface area contributed by atoms with Crippen LogP contribution in [0.2, 0.25) is 0 Å². The van der Waals surface area contributed by atoms with Crippen molar-refractivity contribution in [2.24, 2.45) is 0 Å². The first-order chi connectivity index (χ1) is 18.7. The fourth-order valence-electron chi connectivity index (χ4n) is 3.80. The highest BCUT2D eigenvalue weighted by atomic mass is 16.5. The van der Waals surface area contributed by atoms with E-state index in [1.54, 1.807) is 30.3 Å². The highest BCUT2D eigenvalue weighted by Crippen LogP contribution is 2.26. The van der Waals surface area contributed by atoms with Crippen molar-refractivity contribution in [3.8, 4) is 5.75 Å². The number of nitrogens with zero attached hydrogens (tertiary/aromatic N) is 1. The molecule has 0 spiro atoms. The molecule has 0 aromatic heterocycles. The molecular formula is C29H25N3O7. The van der Waals surface area contributed by atoms with E-state index in [2.05, 4.69) is 15.4 Å². The number of nitrogens with one attached hydrogen (secondary N) is 2. The van der Waals surface area contributed by atoms with Gasteiger partial charge in [-0.2, -0.15) is 0 Å². The molecule has 0 saturated carbocycles. The molecule has 0 aliphatic carbocycles. The number of hydrogen-bond donors (Lipinski definition) is 2. The lowest BCUT2D eigenvalue weighted by atomic mass is 10.1. The van der Waals surface area contributed by atoms with Crippen molar-refractivity contribution in [1.29, 1.82) is 0 Å². The lowest BCUT2D eigenvalue weighted by Gasteiger charge is -2.26. The molecule has 0 radical (unpaired) electrons. The van der Waals surface area contributed by atoms with Crippen LogP contribution >= 0.6 is 0 Å². The molecule has 3 aromatic carbocycles. The standard InChI is InChI=1S/C29H25N3O7/c1-17-8-11-21(14-18(17)2)30-25(33)16-39-24-7-5-4-6-20(24)15-23-26(34)31-29(37)32(27(23)35)22-12-9-19(10-13-22)28(36)38-3/h4-15H,16H2,1-3H3,(H,30,33)(H,31,34,37)/b23-15-. The molecular weight excluding hydrogens is 502 g/mol. The average Bonchev–Trinajstić information content (AvgIpc) is 2.92. The van der Waals surface area contributed by atoms with Crippen molar-refractivity contribution in [3.63, 3.8) is 0 Å². The number of ether oxygens (including phenoxy) is 2. The monoisotopic (exact) mass is 527 g/mol. The predicted molar refractivity (Wildman–Crippen MR) is 143 cm³/mol. The minimum Gasteiger partial charge on any atom is -0.483 e. The molecule has 1 saturated heterocycles. The average molecular weight is 528 g/mol. The molecule has 39 heavy (non-hydrogen) atoms. The Bertz CT molecular complexity index is 1510. The maximum atomic E-state index is 13.2. The van der Waals surface area contributed by atoms with Crippen LogP contribution in [0.5, 0.6) is 5.75 Å². The first kappa shape index (κ1) is 26.8. The van der Waals surface area contributed by atoms with Crippen LogP contribution in [0.15, 0.2) is 72.3 Å². The summed E-state index contributed by atoms with van der Waals surface area (Å²) in [6, 6.07) is 16.8. The fourth-order valence-corrected chi connectivity index (χ4v) is 3.80. The van der Waals surface area contributed by atoms with Crippen LogP contribution in [-0.2, 0) is 19.1 Å². The Morgan fingerprint density at radius 2 is 1.67 bits per heavy atom. The van der Waals surface area contributed by atoms with Gasteiger partial charge in [-0.15, -0.1) is 0 Å². The summed E-state index contributed by atoms with van der Waals surface area (Å²) >= 11 is 0. The third-order valence-corrected chi connectivity index (χ3v) is 6.02. The summed E-state index contributed by atoms with van der Waals surface area (Å²) in [5.74, 6) is -2.45.